The van der Waals surface area contributed by atoms with Crippen molar-refractivity contribution in [3.8, 4) is 5.88 Å². The van der Waals surface area contributed by atoms with Crippen molar-refractivity contribution in [2.45, 2.75) is 77.5 Å². The number of rotatable bonds is 9. The second kappa shape index (κ2) is 11.6. The molecule has 0 fully saturated rings. The number of anilines is 1. The molecule has 37 heavy (non-hydrogen) atoms. The van der Waals surface area contributed by atoms with Gasteiger partial charge in [-0.3, -0.25) is 13.9 Å². The number of ether oxygens (including phenoxy) is 2. The third-order valence-electron chi connectivity index (χ3n) is 6.38. The second-order valence-corrected chi connectivity index (χ2v) is 10.4. The van der Waals surface area contributed by atoms with Crippen molar-refractivity contribution >= 4 is 11.8 Å². The Hall–Kier alpha value is -3.62. The smallest absolute Gasteiger partial charge is 0.328 e. The fourth-order valence-electron chi connectivity index (χ4n) is 4.56. The predicted octanol–water partition coefficient (Wildman–Crippen LogP) is 4.15. The highest BCUT2D eigenvalue weighted by Gasteiger charge is 2.25. The molecule has 4 heterocycles. The van der Waals surface area contributed by atoms with E-state index in [4.69, 9.17) is 14.5 Å². The summed E-state index contributed by atoms with van der Waals surface area (Å²) in [5, 5.41) is 3.43. The first-order valence-electron chi connectivity index (χ1n) is 13.0. The van der Waals surface area contributed by atoms with Gasteiger partial charge in [0.25, 0.3) is 0 Å². The lowest BCUT2D eigenvalue weighted by molar-refractivity contribution is -0.155. The largest absolute Gasteiger partial charge is 0.481 e. The third kappa shape index (κ3) is 6.99. The Kier molecular flexibility index (Phi) is 8.31. The molecule has 0 aliphatic carbocycles. The molecule has 9 nitrogen and oxygen atoms in total. The van der Waals surface area contributed by atoms with Gasteiger partial charge in [-0.25, -0.2) is 14.8 Å². The molecule has 3 aromatic heterocycles. The van der Waals surface area contributed by atoms with Gasteiger partial charge in [0.2, 0.25) is 5.88 Å². The second-order valence-electron chi connectivity index (χ2n) is 10.4. The van der Waals surface area contributed by atoms with Crippen LogP contribution in [0.3, 0.4) is 0 Å². The molecule has 4 rings (SSSR count). The van der Waals surface area contributed by atoms with Crippen LogP contribution in [0.1, 0.15) is 69.3 Å². The van der Waals surface area contributed by atoms with Crippen molar-refractivity contribution < 1.29 is 14.3 Å². The fourth-order valence-corrected chi connectivity index (χ4v) is 4.56. The zero-order chi connectivity index (χ0) is 26.4. The maximum atomic E-state index is 13.3. The summed E-state index contributed by atoms with van der Waals surface area (Å²) in [7, 11) is 1.54. The van der Waals surface area contributed by atoms with E-state index in [1.165, 1.54) is 12.0 Å². The molecule has 0 saturated carbocycles. The maximum absolute atomic E-state index is 13.3. The molecule has 0 saturated heterocycles. The molecule has 0 spiro atoms. The Labute approximate surface area is 217 Å². The standard InChI is InChI=1S/C28H37N5O4/c1-28(2,3)37-25(34)18-23(21-11-13-24(36-4)30-19-21)33-17-16-32(27(33)35)15-7-9-22-12-10-20-8-5-6-14-29-26(20)31-22/h10-13,16-17,19,23H,5-9,14-15,18H2,1-4H3,(H,29,31). The van der Waals surface area contributed by atoms with E-state index < -0.39 is 11.6 Å². The summed E-state index contributed by atoms with van der Waals surface area (Å²) in [5.41, 5.74) is 2.23. The molecule has 0 aromatic carbocycles. The van der Waals surface area contributed by atoms with Crippen molar-refractivity contribution in [3.05, 3.63) is 70.2 Å². The molecule has 0 bridgehead atoms. The van der Waals surface area contributed by atoms with Crippen molar-refractivity contribution in [3.63, 3.8) is 0 Å². The number of aromatic nitrogens is 4. The minimum atomic E-state index is -0.615. The molecule has 198 valence electrons. The predicted molar refractivity (Wildman–Crippen MR) is 142 cm³/mol. The Morgan fingerprint density at radius 3 is 2.73 bits per heavy atom. The molecule has 3 aromatic rings. The lowest BCUT2D eigenvalue weighted by Crippen LogP contribution is -2.31. The van der Waals surface area contributed by atoms with Crippen LogP contribution >= 0.6 is 0 Å². The van der Waals surface area contributed by atoms with E-state index in [1.807, 2.05) is 26.8 Å². The highest BCUT2D eigenvalue weighted by atomic mass is 16.6. The number of esters is 1. The molecule has 0 amide bonds. The minimum Gasteiger partial charge on any atom is -0.481 e. The van der Waals surface area contributed by atoms with E-state index in [1.54, 1.807) is 40.9 Å². The molecular formula is C28H37N5O4. The van der Waals surface area contributed by atoms with E-state index in [9.17, 15) is 9.59 Å². The Bertz CT molecular complexity index is 1260. The summed E-state index contributed by atoms with van der Waals surface area (Å²) in [6.07, 6.45) is 10.1. The average molecular weight is 508 g/mol. The number of fused-ring (bicyclic) bond motifs is 1. The summed E-state index contributed by atoms with van der Waals surface area (Å²) in [6, 6.07) is 7.26. The summed E-state index contributed by atoms with van der Waals surface area (Å²) in [6.45, 7) is 6.99. The summed E-state index contributed by atoms with van der Waals surface area (Å²) < 4.78 is 14.0. The number of carbonyl (C=O) groups is 1. The van der Waals surface area contributed by atoms with E-state index in [0.717, 1.165) is 49.3 Å². The van der Waals surface area contributed by atoms with Gasteiger partial charge in [-0.2, -0.15) is 0 Å². The minimum absolute atomic E-state index is 0.0151. The molecule has 0 radical (unpaired) electrons. The molecule has 1 N–H and O–H groups in total. The van der Waals surface area contributed by atoms with Crippen molar-refractivity contribution in [2.75, 3.05) is 19.0 Å². The zero-order valence-electron chi connectivity index (χ0n) is 22.2. The van der Waals surface area contributed by atoms with Crippen LogP contribution in [0.5, 0.6) is 5.88 Å². The van der Waals surface area contributed by atoms with Crippen LogP contribution in [0.2, 0.25) is 0 Å². The molecule has 1 unspecified atom stereocenters. The number of pyridine rings is 2. The van der Waals surface area contributed by atoms with Gasteiger partial charge in [0.05, 0.1) is 19.6 Å². The topological polar surface area (TPSA) is 100 Å². The van der Waals surface area contributed by atoms with Crippen molar-refractivity contribution in [1.29, 1.82) is 0 Å². The molecule has 1 aliphatic rings. The molecule has 1 atom stereocenters. The van der Waals surface area contributed by atoms with Crippen LogP contribution in [0, 0.1) is 0 Å². The lowest BCUT2D eigenvalue weighted by atomic mass is 10.1. The van der Waals surface area contributed by atoms with Gasteiger partial charge in [-0.05, 0) is 70.1 Å². The first-order chi connectivity index (χ1) is 17.7. The van der Waals surface area contributed by atoms with Crippen molar-refractivity contribution in [2.24, 2.45) is 0 Å². The Balaban J connectivity index is 1.48. The number of nitrogens with one attached hydrogen (secondary N) is 1. The van der Waals surface area contributed by atoms with Crippen LogP contribution in [-0.2, 0) is 28.9 Å². The summed E-state index contributed by atoms with van der Waals surface area (Å²) >= 11 is 0. The van der Waals surface area contributed by atoms with Crippen LogP contribution in [-0.4, -0.2) is 44.3 Å². The number of aryl methyl sites for hydroxylation is 3. The zero-order valence-corrected chi connectivity index (χ0v) is 22.2. The molecule has 9 heteroatoms. The van der Waals surface area contributed by atoms with Gasteiger partial charge >= 0.3 is 11.7 Å². The van der Waals surface area contributed by atoms with Gasteiger partial charge in [-0.1, -0.05) is 12.1 Å². The fraction of sp³-hybridized carbons (Fsp3) is 0.500. The Morgan fingerprint density at radius 1 is 1.16 bits per heavy atom. The number of methoxy groups -OCH3 is 1. The van der Waals surface area contributed by atoms with Gasteiger partial charge in [-0.15, -0.1) is 0 Å². The highest BCUT2D eigenvalue weighted by molar-refractivity contribution is 5.71. The number of carbonyl (C=O) groups excluding carboxylic acids is 1. The highest BCUT2D eigenvalue weighted by Crippen LogP contribution is 2.24. The maximum Gasteiger partial charge on any atom is 0.328 e. The van der Waals surface area contributed by atoms with E-state index in [-0.39, 0.29) is 18.1 Å². The molecular weight excluding hydrogens is 470 g/mol. The van der Waals surface area contributed by atoms with Crippen LogP contribution in [0.25, 0.3) is 0 Å². The van der Waals surface area contributed by atoms with Gasteiger partial charge < -0.3 is 14.8 Å². The first kappa shape index (κ1) is 26.4. The van der Waals surface area contributed by atoms with Gasteiger partial charge in [0, 0.05) is 43.4 Å². The van der Waals surface area contributed by atoms with Gasteiger partial charge in [0.1, 0.15) is 11.4 Å². The number of nitrogens with zero attached hydrogens (tertiary/aromatic N) is 4. The van der Waals surface area contributed by atoms with Gasteiger partial charge in [0.15, 0.2) is 0 Å². The summed E-state index contributed by atoms with van der Waals surface area (Å²) in [5.74, 6) is 1.08. The van der Waals surface area contributed by atoms with E-state index >= 15 is 0 Å². The first-order valence-corrected chi connectivity index (χ1v) is 13.0. The monoisotopic (exact) mass is 507 g/mol. The van der Waals surface area contributed by atoms with Crippen LogP contribution in [0.4, 0.5) is 5.82 Å². The number of imidazole rings is 1. The average Bonchev–Trinajstić information content (AvgIpc) is 3.06. The molecule has 1 aliphatic heterocycles. The number of hydrogen-bond acceptors (Lipinski definition) is 7. The Morgan fingerprint density at radius 2 is 2.00 bits per heavy atom. The summed E-state index contributed by atoms with van der Waals surface area (Å²) in [4.78, 5) is 35.1. The van der Waals surface area contributed by atoms with Crippen LogP contribution in [0.15, 0.2) is 47.7 Å². The van der Waals surface area contributed by atoms with Crippen molar-refractivity contribution in [1.82, 2.24) is 19.1 Å². The van der Waals surface area contributed by atoms with Crippen LogP contribution < -0.4 is 15.7 Å². The van der Waals surface area contributed by atoms with E-state index in [0.29, 0.717) is 12.4 Å². The SMILES string of the molecule is COc1ccc(C(CC(=O)OC(C)(C)C)n2ccn(CCCc3ccc4c(n3)NCCCC4)c2=O)cn1. The number of hydrogen-bond donors (Lipinski definition) is 1. The third-order valence-corrected chi connectivity index (χ3v) is 6.38. The van der Waals surface area contributed by atoms with E-state index in [2.05, 4.69) is 22.4 Å². The lowest BCUT2D eigenvalue weighted by Gasteiger charge is -2.23. The quantitative estimate of drug-likeness (QED) is 0.434. The normalized spacial score (nSPS) is 14.3.